The lowest BCUT2D eigenvalue weighted by Crippen LogP contribution is -2.64. The van der Waals surface area contributed by atoms with Crippen molar-refractivity contribution < 1.29 is 14.3 Å². The number of hydrogen-bond acceptors (Lipinski definition) is 3. The van der Waals surface area contributed by atoms with Gasteiger partial charge in [-0.05, 0) is 42.5 Å². The van der Waals surface area contributed by atoms with Crippen LogP contribution in [0, 0.1) is 5.92 Å². The summed E-state index contributed by atoms with van der Waals surface area (Å²) >= 11 is 0. The second-order valence-electron chi connectivity index (χ2n) is 8.42. The van der Waals surface area contributed by atoms with Crippen LogP contribution in [0.25, 0.3) is 10.9 Å². The second kappa shape index (κ2) is 6.90. The SMILES string of the molecule is CC12CC(c3ccccc3O1)C(C(N)=O)C(=O)N2CCCn1ccc2ccccc21. The number of aromatic nitrogens is 1. The fourth-order valence-corrected chi connectivity index (χ4v) is 5.11. The largest absolute Gasteiger partial charge is 0.468 e. The summed E-state index contributed by atoms with van der Waals surface area (Å²) in [5.41, 5.74) is 6.98. The van der Waals surface area contributed by atoms with Gasteiger partial charge in [0.25, 0.3) is 0 Å². The van der Waals surface area contributed by atoms with Gasteiger partial charge in [0.15, 0.2) is 5.72 Å². The van der Waals surface area contributed by atoms with Crippen LogP contribution in [0.2, 0.25) is 0 Å². The van der Waals surface area contributed by atoms with Crippen molar-refractivity contribution in [2.24, 2.45) is 11.7 Å². The van der Waals surface area contributed by atoms with Crippen LogP contribution < -0.4 is 10.5 Å². The number of primary amides is 1. The Morgan fingerprint density at radius 3 is 2.73 bits per heavy atom. The molecule has 2 aromatic carbocycles. The molecule has 2 N–H and O–H groups in total. The van der Waals surface area contributed by atoms with Crippen LogP contribution in [0.4, 0.5) is 0 Å². The number of hydrogen-bond donors (Lipinski definition) is 1. The molecule has 1 aromatic heterocycles. The summed E-state index contributed by atoms with van der Waals surface area (Å²) < 4.78 is 8.50. The third-order valence-corrected chi connectivity index (χ3v) is 6.52. The topological polar surface area (TPSA) is 77.6 Å². The molecule has 154 valence electrons. The number of amides is 2. The average Bonchev–Trinajstić information content (AvgIpc) is 3.13. The highest BCUT2D eigenvalue weighted by Gasteiger charge is 2.55. The zero-order chi connectivity index (χ0) is 20.9. The van der Waals surface area contributed by atoms with Crippen molar-refractivity contribution in [1.82, 2.24) is 9.47 Å². The normalized spacial score (nSPS) is 25.1. The highest BCUT2D eigenvalue weighted by Crippen LogP contribution is 2.49. The standard InChI is InChI=1S/C24H25N3O3/c1-24-15-18(17-8-3-5-10-20(17)30-24)21(22(25)28)23(29)27(24)13-6-12-26-14-11-16-7-2-4-9-19(16)26/h2-5,7-11,14,18,21H,6,12-13,15H2,1H3,(H2,25,28). The van der Waals surface area contributed by atoms with Crippen molar-refractivity contribution in [2.45, 2.75) is 38.0 Å². The van der Waals surface area contributed by atoms with Gasteiger partial charge < -0.3 is 19.9 Å². The summed E-state index contributed by atoms with van der Waals surface area (Å²) in [4.78, 5) is 27.3. The first-order valence-electron chi connectivity index (χ1n) is 10.4. The van der Waals surface area contributed by atoms with Crippen molar-refractivity contribution in [3.63, 3.8) is 0 Å². The highest BCUT2D eigenvalue weighted by atomic mass is 16.5. The van der Waals surface area contributed by atoms with E-state index < -0.39 is 17.6 Å². The molecule has 3 unspecified atom stereocenters. The van der Waals surface area contributed by atoms with Gasteiger partial charge in [0.1, 0.15) is 11.7 Å². The molecule has 5 rings (SSSR count). The van der Waals surface area contributed by atoms with Gasteiger partial charge in [-0.15, -0.1) is 0 Å². The molecule has 2 aliphatic heterocycles. The minimum Gasteiger partial charge on any atom is -0.468 e. The van der Waals surface area contributed by atoms with Crippen LogP contribution in [-0.2, 0) is 16.1 Å². The molecule has 3 heterocycles. The Hall–Kier alpha value is -3.28. The molecule has 1 saturated heterocycles. The second-order valence-corrected chi connectivity index (χ2v) is 8.42. The number of fused-ring (bicyclic) bond motifs is 5. The van der Waals surface area contributed by atoms with Crippen LogP contribution >= 0.6 is 0 Å². The monoisotopic (exact) mass is 403 g/mol. The van der Waals surface area contributed by atoms with E-state index >= 15 is 0 Å². The Balaban J connectivity index is 1.40. The van der Waals surface area contributed by atoms with E-state index in [0.717, 1.165) is 24.3 Å². The van der Waals surface area contributed by atoms with Gasteiger partial charge in [-0.3, -0.25) is 9.59 Å². The van der Waals surface area contributed by atoms with Crippen molar-refractivity contribution >= 4 is 22.7 Å². The average molecular weight is 403 g/mol. The first-order valence-corrected chi connectivity index (χ1v) is 10.4. The third kappa shape index (κ3) is 2.86. The molecule has 2 aliphatic rings. The molecule has 3 aromatic rings. The Kier molecular flexibility index (Phi) is 4.31. The maximum Gasteiger partial charge on any atom is 0.238 e. The first kappa shape index (κ1) is 18.7. The maximum atomic E-state index is 13.3. The van der Waals surface area contributed by atoms with Gasteiger partial charge in [0, 0.05) is 37.1 Å². The molecule has 6 heteroatoms. The molecule has 2 bridgehead atoms. The van der Waals surface area contributed by atoms with Crippen LogP contribution in [0.1, 0.15) is 31.2 Å². The van der Waals surface area contributed by atoms with Gasteiger partial charge >= 0.3 is 0 Å². The van der Waals surface area contributed by atoms with Crippen LogP contribution in [0.15, 0.2) is 60.8 Å². The zero-order valence-corrected chi connectivity index (χ0v) is 17.0. The van der Waals surface area contributed by atoms with Crippen LogP contribution in [0.5, 0.6) is 5.75 Å². The summed E-state index contributed by atoms with van der Waals surface area (Å²) in [6.07, 6.45) is 3.39. The number of ether oxygens (including phenoxy) is 1. The molecular formula is C24H25N3O3. The quantitative estimate of drug-likeness (QED) is 0.664. The summed E-state index contributed by atoms with van der Waals surface area (Å²) in [5.74, 6) is -1.15. The van der Waals surface area contributed by atoms with Gasteiger partial charge in [0.2, 0.25) is 11.8 Å². The summed E-state index contributed by atoms with van der Waals surface area (Å²) in [6.45, 7) is 3.21. The van der Waals surface area contributed by atoms with E-state index in [2.05, 4.69) is 29.0 Å². The lowest BCUT2D eigenvalue weighted by atomic mass is 9.73. The van der Waals surface area contributed by atoms with E-state index in [1.165, 1.54) is 10.9 Å². The molecule has 2 amide bonds. The number of aryl methyl sites for hydroxylation is 1. The van der Waals surface area contributed by atoms with Crippen molar-refractivity contribution in [2.75, 3.05) is 6.54 Å². The number of carbonyl (C=O) groups is 2. The summed E-state index contributed by atoms with van der Waals surface area (Å²) in [5, 5.41) is 1.20. The van der Waals surface area contributed by atoms with Gasteiger partial charge in [0.05, 0.1) is 0 Å². The Bertz CT molecular complexity index is 1140. The Morgan fingerprint density at radius 1 is 1.13 bits per heavy atom. The fourth-order valence-electron chi connectivity index (χ4n) is 5.11. The first-order chi connectivity index (χ1) is 14.5. The fraction of sp³-hybridized carbons (Fsp3) is 0.333. The van der Waals surface area contributed by atoms with Gasteiger partial charge in [-0.2, -0.15) is 0 Å². The number of benzene rings is 2. The lowest BCUT2D eigenvalue weighted by Gasteiger charge is -2.52. The van der Waals surface area contributed by atoms with Crippen molar-refractivity contribution in [3.8, 4) is 5.75 Å². The predicted molar refractivity (Wildman–Crippen MR) is 114 cm³/mol. The van der Waals surface area contributed by atoms with Crippen molar-refractivity contribution in [1.29, 1.82) is 0 Å². The minimum absolute atomic E-state index is 0.229. The van der Waals surface area contributed by atoms with E-state index in [4.69, 9.17) is 10.5 Å². The van der Waals surface area contributed by atoms with Crippen molar-refractivity contribution in [3.05, 3.63) is 66.4 Å². The third-order valence-electron chi connectivity index (χ3n) is 6.52. The smallest absolute Gasteiger partial charge is 0.238 e. The zero-order valence-electron chi connectivity index (χ0n) is 17.0. The number of nitrogens with zero attached hydrogens (tertiary/aromatic N) is 2. The van der Waals surface area contributed by atoms with E-state index in [9.17, 15) is 9.59 Å². The van der Waals surface area contributed by atoms with Crippen LogP contribution in [-0.4, -0.2) is 33.6 Å². The van der Waals surface area contributed by atoms with E-state index in [1.54, 1.807) is 4.90 Å². The summed E-state index contributed by atoms with van der Waals surface area (Å²) in [6, 6.07) is 18.0. The molecule has 6 nitrogen and oxygen atoms in total. The molecule has 0 saturated carbocycles. The number of rotatable bonds is 5. The van der Waals surface area contributed by atoms with Gasteiger partial charge in [-0.25, -0.2) is 0 Å². The number of para-hydroxylation sites is 2. The van der Waals surface area contributed by atoms with E-state index in [0.29, 0.717) is 13.0 Å². The number of carbonyl (C=O) groups excluding carboxylic acids is 2. The van der Waals surface area contributed by atoms with Gasteiger partial charge in [-0.1, -0.05) is 36.4 Å². The number of nitrogens with two attached hydrogens (primary N) is 1. The van der Waals surface area contributed by atoms with E-state index in [-0.39, 0.29) is 11.8 Å². The summed E-state index contributed by atoms with van der Waals surface area (Å²) in [7, 11) is 0. The minimum atomic E-state index is -0.851. The Morgan fingerprint density at radius 2 is 1.90 bits per heavy atom. The lowest BCUT2D eigenvalue weighted by molar-refractivity contribution is -0.175. The molecule has 0 radical (unpaired) electrons. The molecule has 0 aliphatic carbocycles. The predicted octanol–water partition coefficient (Wildman–Crippen LogP) is 3.26. The Labute approximate surface area is 175 Å². The number of piperidine rings is 1. The molecular weight excluding hydrogens is 378 g/mol. The molecule has 1 fully saturated rings. The highest BCUT2D eigenvalue weighted by molar-refractivity contribution is 6.01. The van der Waals surface area contributed by atoms with E-state index in [1.807, 2.05) is 43.3 Å². The maximum absolute atomic E-state index is 13.3. The molecule has 3 atom stereocenters. The molecule has 30 heavy (non-hydrogen) atoms. The molecule has 0 spiro atoms. The number of likely N-dealkylation sites (tertiary alicyclic amines) is 1. The van der Waals surface area contributed by atoms with Crippen LogP contribution in [0.3, 0.4) is 0 Å².